The number of hydrogen-bond donors (Lipinski definition) is 1. The third kappa shape index (κ3) is 6.51. The molecule has 1 aliphatic rings. The number of hydrogen-bond acceptors (Lipinski definition) is 4. The third-order valence-electron chi connectivity index (χ3n) is 4.14. The molecule has 1 amide bonds. The minimum Gasteiger partial charge on any atom is -0.354 e. The van der Waals surface area contributed by atoms with E-state index in [1.54, 1.807) is 0 Å². The zero-order chi connectivity index (χ0) is 18.3. The van der Waals surface area contributed by atoms with Crippen LogP contribution in [0.4, 0.5) is 10.1 Å². The number of thioether (sulfide) groups is 1. The van der Waals surface area contributed by atoms with Gasteiger partial charge in [-0.05, 0) is 25.0 Å². The van der Waals surface area contributed by atoms with Crippen LogP contribution in [0.2, 0.25) is 0 Å². The Morgan fingerprint density at radius 3 is 2.60 bits per heavy atom. The van der Waals surface area contributed by atoms with Crippen molar-refractivity contribution in [3.8, 4) is 0 Å². The minimum absolute atomic E-state index is 0.114. The summed E-state index contributed by atoms with van der Waals surface area (Å²) < 4.78 is 38.6. The Balaban J connectivity index is 1.84. The number of nitrogens with zero attached hydrogens (tertiary/aromatic N) is 1. The molecule has 0 bridgehead atoms. The van der Waals surface area contributed by atoms with Crippen molar-refractivity contribution in [3.05, 3.63) is 30.1 Å². The Bertz CT molecular complexity index is 676. The Kier molecular flexibility index (Phi) is 7.56. The molecule has 1 N–H and O–H groups in total. The van der Waals surface area contributed by atoms with E-state index in [4.69, 9.17) is 0 Å². The van der Waals surface area contributed by atoms with Gasteiger partial charge in [0.05, 0.1) is 11.9 Å². The van der Waals surface area contributed by atoms with Gasteiger partial charge < -0.3 is 5.32 Å². The van der Waals surface area contributed by atoms with Crippen molar-refractivity contribution in [1.29, 1.82) is 0 Å². The van der Waals surface area contributed by atoms with Gasteiger partial charge in [0.1, 0.15) is 12.4 Å². The molecule has 1 aromatic carbocycles. The molecule has 140 valence electrons. The SMILES string of the molecule is CS(=O)(=O)N(CC(=O)NCCSC1CCCCC1)c1ccccc1F. The summed E-state index contributed by atoms with van der Waals surface area (Å²) in [5, 5.41) is 3.39. The molecule has 0 spiro atoms. The van der Waals surface area contributed by atoms with Gasteiger partial charge in [-0.15, -0.1) is 0 Å². The van der Waals surface area contributed by atoms with Crippen LogP contribution >= 0.6 is 11.8 Å². The third-order valence-corrected chi connectivity index (χ3v) is 6.65. The zero-order valence-corrected chi connectivity index (χ0v) is 16.0. The van der Waals surface area contributed by atoms with Crippen LogP contribution in [0.1, 0.15) is 32.1 Å². The monoisotopic (exact) mass is 388 g/mol. The lowest BCUT2D eigenvalue weighted by molar-refractivity contribution is -0.119. The normalized spacial score (nSPS) is 15.8. The molecule has 1 aromatic rings. The highest BCUT2D eigenvalue weighted by atomic mass is 32.2. The number of benzene rings is 1. The largest absolute Gasteiger partial charge is 0.354 e. The number of nitrogens with one attached hydrogen (secondary N) is 1. The van der Waals surface area contributed by atoms with Crippen LogP contribution in [0.15, 0.2) is 24.3 Å². The predicted molar refractivity (Wildman–Crippen MR) is 101 cm³/mol. The number of rotatable bonds is 8. The smallest absolute Gasteiger partial charge is 0.240 e. The van der Waals surface area contributed by atoms with Crippen LogP contribution in [-0.4, -0.2) is 44.7 Å². The lowest BCUT2D eigenvalue weighted by Gasteiger charge is -2.23. The quantitative estimate of drug-likeness (QED) is 0.696. The molecule has 0 radical (unpaired) electrons. The summed E-state index contributed by atoms with van der Waals surface area (Å²) in [7, 11) is -3.76. The maximum Gasteiger partial charge on any atom is 0.240 e. The van der Waals surface area contributed by atoms with Crippen LogP contribution in [0.5, 0.6) is 0 Å². The lowest BCUT2D eigenvalue weighted by Crippen LogP contribution is -2.41. The van der Waals surface area contributed by atoms with E-state index in [1.807, 2.05) is 11.8 Å². The van der Waals surface area contributed by atoms with Crippen molar-refractivity contribution in [2.24, 2.45) is 0 Å². The van der Waals surface area contributed by atoms with E-state index in [0.29, 0.717) is 11.8 Å². The van der Waals surface area contributed by atoms with E-state index in [0.717, 1.165) is 16.3 Å². The zero-order valence-electron chi connectivity index (χ0n) is 14.4. The molecular formula is C17H25FN2O3S2. The summed E-state index contributed by atoms with van der Waals surface area (Å²) >= 11 is 1.86. The minimum atomic E-state index is -3.76. The molecule has 0 unspecified atom stereocenters. The van der Waals surface area contributed by atoms with Crippen molar-refractivity contribution in [3.63, 3.8) is 0 Å². The van der Waals surface area contributed by atoms with Crippen LogP contribution in [-0.2, 0) is 14.8 Å². The Morgan fingerprint density at radius 2 is 1.96 bits per heavy atom. The van der Waals surface area contributed by atoms with Gasteiger partial charge in [0, 0.05) is 17.5 Å². The standard InChI is InChI=1S/C17H25FN2O3S2/c1-25(22,23)20(16-10-6-5-9-15(16)18)13-17(21)19-11-12-24-14-7-3-2-4-8-14/h5-6,9-10,14H,2-4,7-8,11-13H2,1H3,(H,19,21). The first-order valence-corrected chi connectivity index (χ1v) is 11.4. The molecule has 0 saturated heterocycles. The highest BCUT2D eigenvalue weighted by molar-refractivity contribution is 7.99. The van der Waals surface area contributed by atoms with Crippen LogP contribution in [0, 0.1) is 5.82 Å². The van der Waals surface area contributed by atoms with Crippen molar-refractivity contribution >= 4 is 33.4 Å². The summed E-state index contributed by atoms with van der Waals surface area (Å²) in [6, 6.07) is 5.53. The number of para-hydroxylation sites is 1. The summed E-state index contributed by atoms with van der Waals surface area (Å²) in [5.41, 5.74) is -0.114. The van der Waals surface area contributed by atoms with E-state index in [1.165, 1.54) is 56.4 Å². The summed E-state index contributed by atoms with van der Waals surface area (Å²) in [6.07, 6.45) is 7.28. The van der Waals surface area contributed by atoms with Crippen LogP contribution < -0.4 is 9.62 Å². The number of carbonyl (C=O) groups excluding carboxylic acids is 1. The van der Waals surface area contributed by atoms with E-state index < -0.39 is 28.3 Å². The molecule has 1 aliphatic carbocycles. The Morgan fingerprint density at radius 1 is 1.28 bits per heavy atom. The maximum atomic E-state index is 13.9. The first kappa shape index (κ1) is 20.0. The van der Waals surface area contributed by atoms with Gasteiger partial charge in [0.2, 0.25) is 15.9 Å². The highest BCUT2D eigenvalue weighted by Gasteiger charge is 2.23. The van der Waals surface area contributed by atoms with Gasteiger partial charge >= 0.3 is 0 Å². The molecule has 0 aliphatic heterocycles. The number of sulfonamides is 1. The molecular weight excluding hydrogens is 363 g/mol. The number of halogens is 1. The molecule has 0 atom stereocenters. The second-order valence-corrected chi connectivity index (χ2v) is 9.52. The van der Waals surface area contributed by atoms with Crippen molar-refractivity contribution in [2.45, 2.75) is 37.4 Å². The Hall–Kier alpha value is -1.28. The molecule has 0 heterocycles. The summed E-state index contributed by atoms with van der Waals surface area (Å²) in [4.78, 5) is 12.1. The van der Waals surface area contributed by atoms with E-state index >= 15 is 0 Å². The van der Waals surface area contributed by atoms with E-state index in [9.17, 15) is 17.6 Å². The number of amides is 1. The number of anilines is 1. The van der Waals surface area contributed by atoms with Gasteiger partial charge in [0.25, 0.3) is 0 Å². The first-order chi connectivity index (χ1) is 11.9. The maximum absolute atomic E-state index is 13.9. The van der Waals surface area contributed by atoms with Gasteiger partial charge in [-0.25, -0.2) is 12.8 Å². The van der Waals surface area contributed by atoms with Gasteiger partial charge in [0.15, 0.2) is 0 Å². The predicted octanol–water partition coefficient (Wildman–Crippen LogP) is 2.77. The fourth-order valence-electron chi connectivity index (χ4n) is 2.87. The molecule has 25 heavy (non-hydrogen) atoms. The second kappa shape index (κ2) is 9.43. The van der Waals surface area contributed by atoms with Crippen molar-refractivity contribution in [2.75, 3.05) is 29.4 Å². The van der Waals surface area contributed by atoms with Crippen molar-refractivity contribution in [1.82, 2.24) is 5.32 Å². The van der Waals surface area contributed by atoms with Crippen LogP contribution in [0.3, 0.4) is 0 Å². The molecule has 2 rings (SSSR count). The fourth-order valence-corrected chi connectivity index (χ4v) is 4.95. The molecule has 1 saturated carbocycles. The van der Waals surface area contributed by atoms with E-state index in [2.05, 4.69) is 5.32 Å². The molecule has 5 nitrogen and oxygen atoms in total. The summed E-state index contributed by atoms with van der Waals surface area (Å²) in [5.74, 6) is -0.305. The molecule has 1 fully saturated rings. The van der Waals surface area contributed by atoms with Crippen LogP contribution in [0.25, 0.3) is 0 Å². The number of carbonyl (C=O) groups is 1. The average Bonchev–Trinajstić information content (AvgIpc) is 2.57. The molecule has 8 heteroatoms. The van der Waals surface area contributed by atoms with Crippen molar-refractivity contribution < 1.29 is 17.6 Å². The first-order valence-electron chi connectivity index (χ1n) is 8.48. The van der Waals surface area contributed by atoms with Gasteiger partial charge in [-0.3, -0.25) is 9.10 Å². The second-order valence-electron chi connectivity index (χ2n) is 6.20. The van der Waals surface area contributed by atoms with Gasteiger partial charge in [-0.1, -0.05) is 31.4 Å². The molecule has 0 aromatic heterocycles. The van der Waals surface area contributed by atoms with Gasteiger partial charge in [-0.2, -0.15) is 11.8 Å². The van der Waals surface area contributed by atoms with E-state index in [-0.39, 0.29) is 5.69 Å². The highest BCUT2D eigenvalue weighted by Crippen LogP contribution is 2.27. The summed E-state index contributed by atoms with van der Waals surface area (Å²) in [6.45, 7) is 0.0583. The average molecular weight is 389 g/mol. The Labute approximate surface area is 153 Å². The fraction of sp³-hybridized carbons (Fsp3) is 0.588. The topological polar surface area (TPSA) is 66.5 Å². The lowest BCUT2D eigenvalue weighted by atomic mass is 10.0.